The van der Waals surface area contributed by atoms with E-state index < -0.39 is 0 Å². The van der Waals surface area contributed by atoms with Crippen LogP contribution in [0.2, 0.25) is 0 Å². The third-order valence-corrected chi connectivity index (χ3v) is 5.14. The van der Waals surface area contributed by atoms with Gasteiger partial charge in [0.1, 0.15) is 0 Å². The van der Waals surface area contributed by atoms with Crippen LogP contribution in [0.4, 0.5) is 0 Å². The van der Waals surface area contributed by atoms with Crippen LogP contribution < -0.4 is 0 Å². The molecule has 3 aromatic heterocycles. The second-order valence-electron chi connectivity index (χ2n) is 5.51. The van der Waals surface area contributed by atoms with Gasteiger partial charge in [-0.25, -0.2) is 9.97 Å². The van der Waals surface area contributed by atoms with Crippen molar-refractivity contribution in [3.8, 4) is 10.7 Å². The number of nitrogens with zero attached hydrogens (tertiary/aromatic N) is 4. The van der Waals surface area contributed by atoms with Crippen molar-refractivity contribution in [2.45, 2.75) is 38.5 Å². The van der Waals surface area contributed by atoms with Gasteiger partial charge in [0, 0.05) is 17.8 Å². The van der Waals surface area contributed by atoms with Crippen molar-refractivity contribution in [1.82, 2.24) is 20.1 Å². The lowest BCUT2D eigenvalue weighted by molar-refractivity contribution is -0.145. The van der Waals surface area contributed by atoms with E-state index >= 15 is 0 Å². The minimum Gasteiger partial charge on any atom is -0.456 e. The second-order valence-corrected chi connectivity index (χ2v) is 7.23. The van der Waals surface area contributed by atoms with Crippen molar-refractivity contribution < 1.29 is 14.1 Å². The molecule has 0 amide bonds. The molecule has 0 atom stereocenters. The molecule has 0 aromatic carbocycles. The van der Waals surface area contributed by atoms with Gasteiger partial charge >= 0.3 is 5.97 Å². The van der Waals surface area contributed by atoms with Crippen LogP contribution >= 0.6 is 23.1 Å². The van der Waals surface area contributed by atoms with Gasteiger partial charge in [0.25, 0.3) is 5.89 Å². The highest BCUT2D eigenvalue weighted by Crippen LogP contribution is 2.21. The Morgan fingerprint density at radius 1 is 1.27 bits per heavy atom. The van der Waals surface area contributed by atoms with Gasteiger partial charge in [-0.3, -0.25) is 4.79 Å². The molecule has 9 heteroatoms. The fourth-order valence-electron chi connectivity index (χ4n) is 2.42. The van der Waals surface area contributed by atoms with Crippen LogP contribution in [-0.4, -0.2) is 32.3 Å². The largest absolute Gasteiger partial charge is 0.456 e. The number of carbonyl (C=O) groups excluding carboxylic acids is 1. The molecule has 0 unspecified atom stereocenters. The van der Waals surface area contributed by atoms with Gasteiger partial charge in [0.2, 0.25) is 5.82 Å². The summed E-state index contributed by atoms with van der Waals surface area (Å²) in [4.78, 5) is 26.0. The number of ether oxygens (including phenoxy) is 1. The number of carbonyl (C=O) groups is 1. The van der Waals surface area contributed by atoms with E-state index in [0.29, 0.717) is 12.2 Å². The number of aryl methyl sites for hydroxylation is 2. The van der Waals surface area contributed by atoms with Gasteiger partial charge in [0.15, 0.2) is 11.8 Å². The molecule has 0 saturated heterocycles. The number of thioether (sulfide) groups is 1. The van der Waals surface area contributed by atoms with Gasteiger partial charge in [0.05, 0.1) is 4.88 Å². The zero-order chi connectivity index (χ0) is 18.5. The zero-order valence-corrected chi connectivity index (χ0v) is 16.3. The van der Waals surface area contributed by atoms with Crippen LogP contribution in [0.5, 0.6) is 0 Å². The predicted octanol–water partition coefficient (Wildman–Crippen LogP) is 3.60. The van der Waals surface area contributed by atoms with E-state index in [0.717, 1.165) is 27.0 Å². The van der Waals surface area contributed by atoms with E-state index in [9.17, 15) is 4.79 Å². The average Bonchev–Trinajstić information content (AvgIpc) is 3.30. The average molecular weight is 390 g/mol. The summed E-state index contributed by atoms with van der Waals surface area (Å²) in [5.74, 6) is 0.457. The quantitative estimate of drug-likeness (QED) is 0.343. The molecule has 3 rings (SSSR count). The summed E-state index contributed by atoms with van der Waals surface area (Å²) in [6.45, 7) is 3.83. The first-order valence-corrected chi connectivity index (χ1v) is 10.1. The highest BCUT2D eigenvalue weighted by Gasteiger charge is 2.14. The molecule has 0 bridgehead atoms. The SMILES string of the molecule is CSc1nc(C)c(CCC(=O)OCc2nc(-c3cccs3)no2)c(C)n1. The minimum atomic E-state index is -0.325. The number of rotatable bonds is 7. The van der Waals surface area contributed by atoms with E-state index in [1.807, 2.05) is 37.6 Å². The Balaban J connectivity index is 1.52. The molecule has 0 fully saturated rings. The number of hydrogen-bond acceptors (Lipinski definition) is 9. The number of hydrogen-bond donors (Lipinski definition) is 0. The maximum Gasteiger partial charge on any atom is 0.306 e. The molecule has 26 heavy (non-hydrogen) atoms. The highest BCUT2D eigenvalue weighted by atomic mass is 32.2. The number of esters is 1. The van der Waals surface area contributed by atoms with Crippen molar-refractivity contribution in [3.05, 3.63) is 40.4 Å². The molecule has 7 nitrogen and oxygen atoms in total. The van der Waals surface area contributed by atoms with E-state index in [1.54, 1.807) is 0 Å². The van der Waals surface area contributed by atoms with Gasteiger partial charge < -0.3 is 9.26 Å². The van der Waals surface area contributed by atoms with Crippen molar-refractivity contribution in [3.63, 3.8) is 0 Å². The molecule has 0 radical (unpaired) electrons. The normalized spacial score (nSPS) is 10.9. The summed E-state index contributed by atoms with van der Waals surface area (Å²) < 4.78 is 10.3. The lowest BCUT2D eigenvalue weighted by Gasteiger charge is -2.09. The van der Waals surface area contributed by atoms with Crippen molar-refractivity contribution in [2.75, 3.05) is 6.26 Å². The summed E-state index contributed by atoms with van der Waals surface area (Å²) in [6, 6.07) is 3.82. The molecule has 0 aliphatic rings. The van der Waals surface area contributed by atoms with Crippen molar-refractivity contribution >= 4 is 29.1 Å². The molecule has 0 aliphatic carbocycles. The summed E-state index contributed by atoms with van der Waals surface area (Å²) >= 11 is 3.02. The third-order valence-electron chi connectivity index (χ3n) is 3.73. The predicted molar refractivity (Wildman–Crippen MR) is 99.0 cm³/mol. The fraction of sp³-hybridized carbons (Fsp3) is 0.353. The summed E-state index contributed by atoms with van der Waals surface area (Å²) in [5.41, 5.74) is 2.77. The number of aromatic nitrogens is 4. The summed E-state index contributed by atoms with van der Waals surface area (Å²) in [7, 11) is 0. The van der Waals surface area contributed by atoms with Gasteiger partial charge in [-0.05, 0) is 43.5 Å². The highest BCUT2D eigenvalue weighted by molar-refractivity contribution is 7.98. The van der Waals surface area contributed by atoms with Crippen molar-refractivity contribution in [2.24, 2.45) is 0 Å². The van der Waals surface area contributed by atoms with Crippen molar-refractivity contribution in [1.29, 1.82) is 0 Å². The molecule has 0 aliphatic heterocycles. The Labute approximate surface area is 159 Å². The van der Waals surface area contributed by atoms with Gasteiger partial charge in [-0.15, -0.1) is 11.3 Å². The van der Waals surface area contributed by atoms with E-state index in [-0.39, 0.29) is 24.9 Å². The lowest BCUT2D eigenvalue weighted by Crippen LogP contribution is -2.09. The second kappa shape index (κ2) is 8.41. The van der Waals surface area contributed by atoms with E-state index in [2.05, 4.69) is 20.1 Å². The fourth-order valence-corrected chi connectivity index (χ4v) is 3.53. The van der Waals surface area contributed by atoms with Crippen LogP contribution in [0.3, 0.4) is 0 Å². The Morgan fingerprint density at radius 3 is 2.69 bits per heavy atom. The van der Waals surface area contributed by atoms with Crippen LogP contribution in [0, 0.1) is 13.8 Å². The standard InChI is InChI=1S/C17H18N4O3S2/c1-10-12(11(2)19-17(18-10)25-3)6-7-15(22)23-9-14-20-16(21-24-14)13-5-4-8-26-13/h4-5,8H,6-7,9H2,1-3H3. The van der Waals surface area contributed by atoms with Gasteiger partial charge in [-0.1, -0.05) is 23.0 Å². The smallest absolute Gasteiger partial charge is 0.306 e. The summed E-state index contributed by atoms with van der Waals surface area (Å²) in [6.07, 6.45) is 2.72. The molecule has 0 N–H and O–H groups in total. The molecule has 136 valence electrons. The molecule has 3 aromatic rings. The Hall–Kier alpha value is -2.26. The van der Waals surface area contributed by atoms with Crippen LogP contribution in [0.25, 0.3) is 10.7 Å². The molecular formula is C17H18N4O3S2. The minimum absolute atomic E-state index is 0.0307. The molecule has 0 spiro atoms. The van der Waals surface area contributed by atoms with Crippen LogP contribution in [0.1, 0.15) is 29.3 Å². The van der Waals surface area contributed by atoms with Crippen LogP contribution in [-0.2, 0) is 22.6 Å². The first-order valence-electron chi connectivity index (χ1n) is 7.97. The van der Waals surface area contributed by atoms with E-state index in [1.165, 1.54) is 23.1 Å². The number of thiophene rings is 1. The maximum absolute atomic E-state index is 12.0. The lowest BCUT2D eigenvalue weighted by atomic mass is 10.1. The Kier molecular flexibility index (Phi) is 6.00. The van der Waals surface area contributed by atoms with Gasteiger partial charge in [-0.2, -0.15) is 4.98 Å². The van der Waals surface area contributed by atoms with E-state index in [4.69, 9.17) is 9.26 Å². The Morgan fingerprint density at radius 2 is 2.04 bits per heavy atom. The maximum atomic E-state index is 12.0. The molecular weight excluding hydrogens is 372 g/mol. The van der Waals surface area contributed by atoms with Crippen LogP contribution in [0.15, 0.2) is 27.2 Å². The summed E-state index contributed by atoms with van der Waals surface area (Å²) in [5, 5.41) is 6.56. The topological polar surface area (TPSA) is 91.0 Å². The third kappa shape index (κ3) is 4.47. The first kappa shape index (κ1) is 18.5. The Bertz CT molecular complexity index is 870. The monoisotopic (exact) mass is 390 g/mol. The first-order chi connectivity index (χ1) is 12.6. The molecule has 0 saturated carbocycles. The molecule has 3 heterocycles. The zero-order valence-electron chi connectivity index (χ0n) is 14.7.